The van der Waals surface area contributed by atoms with E-state index < -0.39 is 0 Å². The standard InChI is InChI=1S/C17H38N2/c1-15(16(2,3)4)19(8)14-12-10-9-11-13-18-17(5,6)7/h15,18H,9-14H2,1-8H3. The number of rotatable bonds is 8. The van der Waals surface area contributed by atoms with E-state index in [9.17, 15) is 0 Å². The van der Waals surface area contributed by atoms with E-state index >= 15 is 0 Å². The van der Waals surface area contributed by atoms with E-state index in [0.717, 1.165) is 6.54 Å². The SMILES string of the molecule is CC(N(C)CCCCCCNC(C)(C)C)C(C)(C)C. The zero-order chi connectivity index (χ0) is 15.1. The molecule has 0 aromatic carbocycles. The van der Waals surface area contributed by atoms with E-state index in [1.807, 2.05) is 0 Å². The quantitative estimate of drug-likeness (QED) is 0.662. The number of nitrogens with zero attached hydrogens (tertiary/aromatic N) is 1. The second-order valence-corrected chi connectivity index (χ2v) is 8.11. The van der Waals surface area contributed by atoms with Gasteiger partial charge in [0.05, 0.1) is 0 Å². The number of nitrogens with one attached hydrogen (secondary N) is 1. The Bertz CT molecular complexity index is 222. The first-order valence-electron chi connectivity index (χ1n) is 7.99. The number of hydrogen-bond acceptors (Lipinski definition) is 2. The Labute approximate surface area is 122 Å². The van der Waals surface area contributed by atoms with Gasteiger partial charge in [-0.15, -0.1) is 0 Å². The lowest BCUT2D eigenvalue weighted by atomic mass is 9.87. The van der Waals surface area contributed by atoms with Crippen LogP contribution in [0.4, 0.5) is 0 Å². The van der Waals surface area contributed by atoms with Crippen molar-refractivity contribution in [2.75, 3.05) is 20.1 Å². The fourth-order valence-corrected chi connectivity index (χ4v) is 2.16. The molecule has 1 unspecified atom stereocenters. The molecular weight excluding hydrogens is 232 g/mol. The van der Waals surface area contributed by atoms with Crippen molar-refractivity contribution in [3.05, 3.63) is 0 Å². The molecule has 1 N–H and O–H groups in total. The summed E-state index contributed by atoms with van der Waals surface area (Å²) < 4.78 is 0. The van der Waals surface area contributed by atoms with Crippen molar-refractivity contribution in [1.82, 2.24) is 10.2 Å². The normalized spacial score (nSPS) is 15.0. The second-order valence-electron chi connectivity index (χ2n) is 8.11. The summed E-state index contributed by atoms with van der Waals surface area (Å²) in [6.45, 7) is 18.4. The minimum absolute atomic E-state index is 0.266. The summed E-state index contributed by atoms with van der Waals surface area (Å²) in [4.78, 5) is 2.51. The fourth-order valence-electron chi connectivity index (χ4n) is 2.16. The molecule has 116 valence electrons. The third-order valence-corrected chi connectivity index (χ3v) is 4.01. The molecule has 0 amide bonds. The highest BCUT2D eigenvalue weighted by molar-refractivity contribution is 4.77. The molecule has 0 fully saturated rings. The third kappa shape index (κ3) is 10.4. The molecule has 0 radical (unpaired) electrons. The summed E-state index contributed by atoms with van der Waals surface area (Å²) in [5.74, 6) is 0. The van der Waals surface area contributed by atoms with Crippen molar-refractivity contribution >= 4 is 0 Å². The molecule has 0 saturated heterocycles. The monoisotopic (exact) mass is 270 g/mol. The molecule has 19 heavy (non-hydrogen) atoms. The molecule has 0 aromatic heterocycles. The molecule has 0 bridgehead atoms. The summed E-state index contributed by atoms with van der Waals surface area (Å²) in [5.41, 5.74) is 0.647. The molecule has 0 aromatic rings. The van der Waals surface area contributed by atoms with Gasteiger partial charge in [0.1, 0.15) is 0 Å². The number of unbranched alkanes of at least 4 members (excludes halogenated alkanes) is 3. The molecule has 2 nitrogen and oxygen atoms in total. The Morgan fingerprint density at radius 3 is 1.89 bits per heavy atom. The molecule has 1 atom stereocenters. The third-order valence-electron chi connectivity index (χ3n) is 4.01. The van der Waals surface area contributed by atoms with Gasteiger partial charge in [-0.2, -0.15) is 0 Å². The van der Waals surface area contributed by atoms with E-state index in [-0.39, 0.29) is 5.54 Å². The van der Waals surface area contributed by atoms with Gasteiger partial charge in [0, 0.05) is 11.6 Å². The summed E-state index contributed by atoms with van der Waals surface area (Å²) in [6.07, 6.45) is 5.33. The van der Waals surface area contributed by atoms with Gasteiger partial charge in [-0.1, -0.05) is 33.6 Å². The van der Waals surface area contributed by atoms with Crippen LogP contribution in [0.2, 0.25) is 0 Å². The van der Waals surface area contributed by atoms with Crippen molar-refractivity contribution in [2.24, 2.45) is 5.41 Å². The molecule has 0 heterocycles. The van der Waals surface area contributed by atoms with Crippen LogP contribution in [0.1, 0.15) is 74.1 Å². The largest absolute Gasteiger partial charge is 0.312 e. The van der Waals surface area contributed by atoms with Crippen LogP contribution in [0.3, 0.4) is 0 Å². The maximum absolute atomic E-state index is 3.55. The fraction of sp³-hybridized carbons (Fsp3) is 1.00. The topological polar surface area (TPSA) is 15.3 Å². The molecular formula is C17H38N2. The molecule has 0 saturated carbocycles. The Morgan fingerprint density at radius 2 is 1.42 bits per heavy atom. The molecule has 0 aliphatic heterocycles. The van der Waals surface area contributed by atoms with E-state index in [4.69, 9.17) is 0 Å². The van der Waals surface area contributed by atoms with Gasteiger partial charge < -0.3 is 10.2 Å². The average Bonchev–Trinajstić information content (AvgIpc) is 2.23. The van der Waals surface area contributed by atoms with Crippen molar-refractivity contribution in [2.45, 2.75) is 85.7 Å². The Kier molecular flexibility index (Phi) is 8.23. The summed E-state index contributed by atoms with van der Waals surface area (Å²) >= 11 is 0. The van der Waals surface area contributed by atoms with Crippen LogP contribution in [0, 0.1) is 5.41 Å². The second kappa shape index (κ2) is 8.26. The molecule has 0 spiro atoms. The molecule has 2 heteroatoms. The first-order valence-corrected chi connectivity index (χ1v) is 7.99. The summed E-state index contributed by atoms with van der Waals surface area (Å²) in [6, 6.07) is 0.648. The highest BCUT2D eigenvalue weighted by Gasteiger charge is 2.23. The minimum Gasteiger partial charge on any atom is -0.312 e. The Morgan fingerprint density at radius 1 is 0.895 bits per heavy atom. The van der Waals surface area contributed by atoms with E-state index in [1.165, 1.54) is 32.2 Å². The average molecular weight is 271 g/mol. The van der Waals surface area contributed by atoms with Crippen LogP contribution in [0.15, 0.2) is 0 Å². The first kappa shape index (κ1) is 18.9. The number of hydrogen-bond donors (Lipinski definition) is 1. The van der Waals surface area contributed by atoms with Gasteiger partial charge in [-0.3, -0.25) is 0 Å². The van der Waals surface area contributed by atoms with Gasteiger partial charge in [-0.25, -0.2) is 0 Å². The van der Waals surface area contributed by atoms with E-state index in [0.29, 0.717) is 11.5 Å². The smallest absolute Gasteiger partial charge is 0.0112 e. The van der Waals surface area contributed by atoms with Gasteiger partial charge in [0.15, 0.2) is 0 Å². The predicted octanol–water partition coefficient (Wildman–Crippen LogP) is 4.30. The van der Waals surface area contributed by atoms with Crippen LogP contribution < -0.4 is 5.32 Å². The van der Waals surface area contributed by atoms with Crippen LogP contribution in [-0.4, -0.2) is 36.6 Å². The Balaban J connectivity index is 3.55. The zero-order valence-electron chi connectivity index (χ0n) is 14.8. The molecule has 0 rings (SSSR count). The van der Waals surface area contributed by atoms with Crippen LogP contribution >= 0.6 is 0 Å². The van der Waals surface area contributed by atoms with Crippen molar-refractivity contribution in [1.29, 1.82) is 0 Å². The lowest BCUT2D eigenvalue weighted by Gasteiger charge is -2.35. The van der Waals surface area contributed by atoms with Gasteiger partial charge in [0.2, 0.25) is 0 Å². The Hall–Kier alpha value is -0.0800. The van der Waals surface area contributed by atoms with Crippen molar-refractivity contribution in [3.63, 3.8) is 0 Å². The minimum atomic E-state index is 0.266. The highest BCUT2D eigenvalue weighted by atomic mass is 15.1. The van der Waals surface area contributed by atoms with Gasteiger partial charge in [0.25, 0.3) is 0 Å². The predicted molar refractivity (Wildman–Crippen MR) is 87.8 cm³/mol. The van der Waals surface area contributed by atoms with E-state index in [1.54, 1.807) is 0 Å². The maximum Gasteiger partial charge on any atom is 0.0112 e. The van der Waals surface area contributed by atoms with Gasteiger partial charge in [-0.05, 0) is 66.1 Å². The zero-order valence-corrected chi connectivity index (χ0v) is 14.8. The lowest BCUT2D eigenvalue weighted by Crippen LogP contribution is -2.39. The van der Waals surface area contributed by atoms with Crippen molar-refractivity contribution < 1.29 is 0 Å². The summed E-state index contributed by atoms with van der Waals surface area (Å²) in [7, 11) is 2.26. The van der Waals surface area contributed by atoms with E-state index in [2.05, 4.69) is 65.7 Å². The van der Waals surface area contributed by atoms with Crippen molar-refractivity contribution in [3.8, 4) is 0 Å². The van der Waals surface area contributed by atoms with Gasteiger partial charge >= 0.3 is 0 Å². The molecule has 0 aliphatic carbocycles. The lowest BCUT2D eigenvalue weighted by molar-refractivity contribution is 0.139. The first-order chi connectivity index (χ1) is 8.54. The highest BCUT2D eigenvalue weighted by Crippen LogP contribution is 2.23. The van der Waals surface area contributed by atoms with Crippen LogP contribution in [-0.2, 0) is 0 Å². The maximum atomic E-state index is 3.55. The summed E-state index contributed by atoms with van der Waals surface area (Å²) in [5, 5.41) is 3.55. The van der Waals surface area contributed by atoms with Crippen LogP contribution in [0.25, 0.3) is 0 Å². The van der Waals surface area contributed by atoms with Crippen LogP contribution in [0.5, 0.6) is 0 Å². The molecule has 0 aliphatic rings.